The van der Waals surface area contributed by atoms with E-state index in [4.69, 9.17) is 0 Å². The zero-order chi connectivity index (χ0) is 16.4. The third kappa shape index (κ3) is 7.36. The van der Waals surface area contributed by atoms with E-state index in [2.05, 4.69) is 61.5 Å². The van der Waals surface area contributed by atoms with Crippen molar-refractivity contribution in [3.05, 3.63) is 52.6 Å². The number of rotatable bonds is 0. The van der Waals surface area contributed by atoms with Gasteiger partial charge in [0.2, 0.25) is 0 Å². The van der Waals surface area contributed by atoms with Gasteiger partial charge in [0.15, 0.2) is 0 Å². The number of phenols is 1. The molecule has 0 amide bonds. The molecule has 1 nitrogen and oxygen atoms in total. The van der Waals surface area contributed by atoms with Crippen LogP contribution in [0.1, 0.15) is 61.0 Å². The Hall–Kier alpha value is -0.206. The van der Waals surface area contributed by atoms with Crippen LogP contribution in [0.5, 0.6) is 5.75 Å². The number of halogens is 2. The smallest absolute Gasteiger partial charge is 0.119 e. The Morgan fingerprint density at radius 1 is 0.958 bits per heavy atom. The summed E-state index contributed by atoms with van der Waals surface area (Å²) in [6, 6.07) is 7.46. The van der Waals surface area contributed by atoms with Gasteiger partial charge >= 0.3 is 0 Å². The van der Waals surface area contributed by atoms with Crippen LogP contribution in [0.25, 0.3) is 0 Å². The van der Waals surface area contributed by atoms with Crippen molar-refractivity contribution < 1.29 is 26.8 Å². The molecule has 0 atom stereocenters. The van der Waals surface area contributed by atoms with Crippen LogP contribution in [0.3, 0.4) is 0 Å². The standard InChI is InChI=1S/C10H14O.C10H15.2ClH.Ti/c1-10(2,3)8-6-4-5-7-9(8)11;1-7-6-10(4,5)9(3)8(7)2;;;/h4-7,11H,1-3H3;1-5H3;2*1H;/q;-1;;;. The van der Waals surface area contributed by atoms with Gasteiger partial charge in [-0.25, -0.2) is 5.57 Å². The summed E-state index contributed by atoms with van der Waals surface area (Å²) < 4.78 is 0. The molecule has 0 radical (unpaired) electrons. The molecule has 2 rings (SSSR count). The van der Waals surface area contributed by atoms with Crippen molar-refractivity contribution in [1.82, 2.24) is 0 Å². The number of allylic oxidation sites excluding steroid dienone is 4. The summed E-state index contributed by atoms with van der Waals surface area (Å²) in [7, 11) is 0. The molecule has 1 aromatic carbocycles. The molecule has 1 aliphatic carbocycles. The van der Waals surface area contributed by atoms with E-state index >= 15 is 0 Å². The van der Waals surface area contributed by atoms with Crippen LogP contribution in [-0.2, 0) is 27.1 Å². The van der Waals surface area contributed by atoms with E-state index in [-0.39, 0.29) is 57.4 Å². The van der Waals surface area contributed by atoms with Gasteiger partial charge in [-0.3, -0.25) is 6.08 Å². The summed E-state index contributed by atoms with van der Waals surface area (Å²) in [6.07, 6.45) is 3.44. The first-order valence-electron chi connectivity index (χ1n) is 7.55. The number of phenolic OH excluding ortho intramolecular Hbond substituents is 1. The van der Waals surface area contributed by atoms with Gasteiger partial charge in [-0.15, -0.1) is 31.7 Å². The zero-order valence-corrected chi connectivity index (χ0v) is 19.3. The van der Waals surface area contributed by atoms with Crippen LogP contribution in [0.4, 0.5) is 0 Å². The first kappa shape index (κ1) is 28.6. The van der Waals surface area contributed by atoms with Crippen molar-refractivity contribution in [3.63, 3.8) is 0 Å². The van der Waals surface area contributed by atoms with Crippen molar-refractivity contribution in [1.29, 1.82) is 0 Å². The minimum absolute atomic E-state index is 0. The topological polar surface area (TPSA) is 20.2 Å². The molecule has 1 N–H and O–H groups in total. The van der Waals surface area contributed by atoms with Crippen molar-refractivity contribution in [2.45, 2.75) is 60.8 Å². The molecule has 0 spiro atoms. The number of benzene rings is 1. The molecule has 4 heteroatoms. The largest absolute Gasteiger partial charge is 0.508 e. The quantitative estimate of drug-likeness (QED) is 0.378. The third-order valence-electron chi connectivity index (χ3n) is 4.27. The Morgan fingerprint density at radius 2 is 1.42 bits per heavy atom. The van der Waals surface area contributed by atoms with E-state index in [0.717, 1.165) is 5.56 Å². The first-order valence-corrected chi connectivity index (χ1v) is 7.55. The predicted octanol–water partition coefficient (Wildman–Crippen LogP) is 6.64. The van der Waals surface area contributed by atoms with Crippen LogP contribution in [0, 0.1) is 11.5 Å². The second-order valence-electron chi connectivity index (χ2n) is 7.39. The molecule has 0 aromatic heterocycles. The fourth-order valence-electron chi connectivity index (χ4n) is 2.51. The minimum Gasteiger partial charge on any atom is -0.508 e. The van der Waals surface area contributed by atoms with Gasteiger partial charge in [-0.05, 0) is 17.0 Å². The van der Waals surface area contributed by atoms with Crippen molar-refractivity contribution >= 4 is 24.8 Å². The summed E-state index contributed by atoms with van der Waals surface area (Å²) in [5, 5.41) is 9.45. The fourth-order valence-corrected chi connectivity index (χ4v) is 2.51. The van der Waals surface area contributed by atoms with Gasteiger partial charge in [0.25, 0.3) is 0 Å². The van der Waals surface area contributed by atoms with Crippen molar-refractivity contribution in [2.24, 2.45) is 5.41 Å². The molecular weight excluding hydrogens is 375 g/mol. The fraction of sp³-hybridized carbons (Fsp3) is 0.500. The van der Waals surface area contributed by atoms with Gasteiger partial charge in [0.05, 0.1) is 0 Å². The minimum atomic E-state index is 0. The summed E-state index contributed by atoms with van der Waals surface area (Å²) in [6.45, 7) is 17.2. The average molecular weight is 406 g/mol. The Balaban J connectivity index is -0.000000328. The van der Waals surface area contributed by atoms with E-state index < -0.39 is 0 Å². The summed E-state index contributed by atoms with van der Waals surface area (Å²) in [5.74, 6) is 0.389. The molecule has 0 heterocycles. The molecule has 0 saturated heterocycles. The summed E-state index contributed by atoms with van der Waals surface area (Å²) in [5.41, 5.74) is 5.43. The molecule has 136 valence electrons. The second kappa shape index (κ2) is 10.7. The van der Waals surface area contributed by atoms with E-state index in [1.807, 2.05) is 18.2 Å². The SMILES string of the molecule is CC(C)(C)c1ccccc1O.CC1=[C-]C(C)(C)C(C)=C1C.Cl.Cl.[Ti]. The Labute approximate surface area is 175 Å². The van der Waals surface area contributed by atoms with Gasteiger partial charge in [-0.2, -0.15) is 11.1 Å². The van der Waals surface area contributed by atoms with Crippen LogP contribution in [-0.4, -0.2) is 5.11 Å². The monoisotopic (exact) mass is 405 g/mol. The Kier molecular flexibility index (Phi) is 12.8. The van der Waals surface area contributed by atoms with Crippen LogP contribution < -0.4 is 0 Å². The van der Waals surface area contributed by atoms with Gasteiger partial charge in [-0.1, -0.05) is 72.1 Å². The van der Waals surface area contributed by atoms with Crippen molar-refractivity contribution in [2.75, 3.05) is 0 Å². The molecule has 1 aliphatic rings. The number of aromatic hydroxyl groups is 1. The van der Waals surface area contributed by atoms with Crippen molar-refractivity contribution in [3.8, 4) is 5.75 Å². The second-order valence-corrected chi connectivity index (χ2v) is 7.39. The molecule has 0 bridgehead atoms. The molecule has 0 unspecified atom stereocenters. The number of para-hydroxylation sites is 1. The first-order chi connectivity index (χ1) is 9.47. The van der Waals surface area contributed by atoms with E-state index in [9.17, 15) is 5.11 Å². The maximum atomic E-state index is 9.45. The van der Waals surface area contributed by atoms with E-state index in [1.54, 1.807) is 6.07 Å². The summed E-state index contributed by atoms with van der Waals surface area (Å²) >= 11 is 0. The molecule has 0 saturated carbocycles. The maximum Gasteiger partial charge on any atom is 0.119 e. The molecule has 0 fully saturated rings. The van der Waals surface area contributed by atoms with Crippen LogP contribution in [0.15, 0.2) is 41.0 Å². The number of hydrogen-bond donors (Lipinski definition) is 1. The van der Waals surface area contributed by atoms with Crippen LogP contribution in [0.2, 0.25) is 0 Å². The molecule has 1 aromatic rings. The van der Waals surface area contributed by atoms with Gasteiger partial charge in [0.1, 0.15) is 5.75 Å². The zero-order valence-electron chi connectivity index (χ0n) is 16.1. The number of hydrogen-bond acceptors (Lipinski definition) is 1. The predicted molar refractivity (Wildman–Crippen MR) is 106 cm³/mol. The van der Waals surface area contributed by atoms with Gasteiger partial charge in [0, 0.05) is 21.7 Å². The Bertz CT molecular complexity index is 582. The van der Waals surface area contributed by atoms with E-state index in [0.29, 0.717) is 5.75 Å². The Morgan fingerprint density at radius 3 is 1.62 bits per heavy atom. The average Bonchev–Trinajstić information content (AvgIpc) is 2.52. The summed E-state index contributed by atoms with van der Waals surface area (Å²) in [4.78, 5) is 0. The van der Waals surface area contributed by atoms with E-state index in [1.165, 1.54) is 16.7 Å². The third-order valence-corrected chi connectivity index (χ3v) is 4.27. The maximum absolute atomic E-state index is 9.45. The van der Waals surface area contributed by atoms with Gasteiger partial charge < -0.3 is 5.11 Å². The normalized spacial score (nSPS) is 15.1. The molecular formula is C20H31Cl2OTi-. The van der Waals surface area contributed by atoms with Crippen LogP contribution >= 0.6 is 24.8 Å². The molecule has 0 aliphatic heterocycles. The molecule has 24 heavy (non-hydrogen) atoms.